The molecule has 0 unspecified atom stereocenters. The number of nitrogens with one attached hydrogen (secondary N) is 2. The highest BCUT2D eigenvalue weighted by atomic mass is 16.5. The van der Waals surface area contributed by atoms with Crippen molar-refractivity contribution in [1.29, 1.82) is 0 Å². The largest absolute Gasteiger partial charge is 0.457 e. The van der Waals surface area contributed by atoms with Crippen LogP contribution >= 0.6 is 0 Å². The normalized spacial score (nSPS) is 10.1. The molecule has 2 amide bonds. The van der Waals surface area contributed by atoms with Gasteiger partial charge >= 0.3 is 0 Å². The van der Waals surface area contributed by atoms with Crippen molar-refractivity contribution in [2.24, 2.45) is 0 Å². The summed E-state index contributed by atoms with van der Waals surface area (Å²) in [6.45, 7) is 1.91. The second-order valence-corrected chi connectivity index (χ2v) is 6.00. The van der Waals surface area contributed by atoms with Gasteiger partial charge in [0.25, 0.3) is 5.91 Å². The number of hydrogen-bond donors (Lipinski definition) is 2. The van der Waals surface area contributed by atoms with Crippen LogP contribution in [0.2, 0.25) is 0 Å². The summed E-state index contributed by atoms with van der Waals surface area (Å²) in [4.78, 5) is 23.3. The van der Waals surface area contributed by atoms with Crippen molar-refractivity contribution in [3.05, 3.63) is 90.0 Å². The smallest absolute Gasteiger partial charge is 0.255 e. The molecule has 5 heteroatoms. The molecule has 0 saturated heterocycles. The SMILES string of the molecule is CC(=O)NCc1ccc(C(=O)Nc2ccc(Oc3ccccc3)cc2)cc1. The summed E-state index contributed by atoms with van der Waals surface area (Å²) >= 11 is 0. The number of para-hydroxylation sites is 1. The van der Waals surface area contributed by atoms with Crippen LogP contribution in [0.1, 0.15) is 22.8 Å². The van der Waals surface area contributed by atoms with Gasteiger partial charge in [0.05, 0.1) is 0 Å². The predicted molar refractivity (Wildman–Crippen MR) is 105 cm³/mol. The van der Waals surface area contributed by atoms with Crippen LogP contribution in [0.4, 0.5) is 5.69 Å². The molecule has 136 valence electrons. The van der Waals surface area contributed by atoms with E-state index in [2.05, 4.69) is 10.6 Å². The van der Waals surface area contributed by atoms with Crippen LogP contribution in [0.3, 0.4) is 0 Å². The molecule has 3 rings (SSSR count). The summed E-state index contributed by atoms with van der Waals surface area (Å²) < 4.78 is 5.73. The third-order valence-electron chi connectivity index (χ3n) is 3.85. The number of rotatable bonds is 6. The zero-order chi connectivity index (χ0) is 19.1. The lowest BCUT2D eigenvalue weighted by molar-refractivity contribution is -0.119. The fraction of sp³-hybridized carbons (Fsp3) is 0.0909. The Bertz CT molecular complexity index is 905. The monoisotopic (exact) mass is 360 g/mol. The van der Waals surface area contributed by atoms with Gasteiger partial charge in [-0.05, 0) is 54.1 Å². The van der Waals surface area contributed by atoms with Crippen molar-refractivity contribution >= 4 is 17.5 Å². The lowest BCUT2D eigenvalue weighted by atomic mass is 10.1. The zero-order valence-electron chi connectivity index (χ0n) is 14.9. The second-order valence-electron chi connectivity index (χ2n) is 6.00. The van der Waals surface area contributed by atoms with E-state index in [9.17, 15) is 9.59 Å². The van der Waals surface area contributed by atoms with Gasteiger partial charge < -0.3 is 15.4 Å². The van der Waals surface area contributed by atoms with Crippen molar-refractivity contribution in [3.8, 4) is 11.5 Å². The molecule has 0 aromatic heterocycles. The first-order chi connectivity index (χ1) is 13.1. The highest BCUT2D eigenvalue weighted by Gasteiger charge is 2.07. The fourth-order valence-corrected chi connectivity index (χ4v) is 2.43. The molecule has 0 spiro atoms. The standard InChI is InChI=1S/C22H20N2O3/c1-16(25)23-15-17-7-9-18(10-8-17)22(26)24-19-11-13-21(14-12-19)27-20-5-3-2-4-6-20/h2-14H,15H2,1H3,(H,23,25)(H,24,26). The van der Waals surface area contributed by atoms with Gasteiger partial charge in [-0.15, -0.1) is 0 Å². The van der Waals surface area contributed by atoms with E-state index in [1.807, 2.05) is 42.5 Å². The molecule has 0 fully saturated rings. The van der Waals surface area contributed by atoms with Crippen LogP contribution in [0.5, 0.6) is 11.5 Å². The van der Waals surface area contributed by atoms with Gasteiger partial charge in [-0.1, -0.05) is 30.3 Å². The first kappa shape index (κ1) is 18.2. The molecule has 0 aliphatic rings. The van der Waals surface area contributed by atoms with Gasteiger partial charge in [-0.3, -0.25) is 9.59 Å². The Hall–Kier alpha value is -3.60. The van der Waals surface area contributed by atoms with Crippen LogP contribution in [0, 0.1) is 0 Å². The molecule has 0 radical (unpaired) electrons. The molecule has 27 heavy (non-hydrogen) atoms. The van der Waals surface area contributed by atoms with Crippen LogP contribution < -0.4 is 15.4 Å². The molecule has 0 heterocycles. The van der Waals surface area contributed by atoms with Crippen molar-refractivity contribution in [3.63, 3.8) is 0 Å². The number of anilines is 1. The summed E-state index contributed by atoms with van der Waals surface area (Å²) in [6, 6.07) is 23.8. The molecule has 3 aromatic carbocycles. The Kier molecular flexibility index (Phi) is 5.84. The van der Waals surface area contributed by atoms with Gasteiger partial charge in [0.2, 0.25) is 5.91 Å². The average Bonchev–Trinajstić information content (AvgIpc) is 2.69. The van der Waals surface area contributed by atoms with E-state index in [4.69, 9.17) is 4.74 Å². The second kappa shape index (κ2) is 8.67. The molecule has 0 bridgehead atoms. The maximum atomic E-state index is 12.4. The molecule has 0 atom stereocenters. The van der Waals surface area contributed by atoms with Crippen molar-refractivity contribution < 1.29 is 14.3 Å². The topological polar surface area (TPSA) is 67.4 Å². The van der Waals surface area contributed by atoms with E-state index in [1.54, 1.807) is 36.4 Å². The molecular weight excluding hydrogens is 340 g/mol. The minimum absolute atomic E-state index is 0.0866. The first-order valence-electron chi connectivity index (χ1n) is 8.58. The first-order valence-corrected chi connectivity index (χ1v) is 8.58. The van der Waals surface area contributed by atoms with Crippen molar-refractivity contribution in [2.75, 3.05) is 5.32 Å². The lowest BCUT2D eigenvalue weighted by Gasteiger charge is -2.09. The van der Waals surface area contributed by atoms with Gasteiger partial charge in [-0.2, -0.15) is 0 Å². The van der Waals surface area contributed by atoms with Gasteiger partial charge in [0.15, 0.2) is 0 Å². The van der Waals surface area contributed by atoms with E-state index in [0.717, 1.165) is 11.3 Å². The van der Waals surface area contributed by atoms with E-state index in [-0.39, 0.29) is 11.8 Å². The zero-order valence-corrected chi connectivity index (χ0v) is 14.9. The van der Waals surface area contributed by atoms with Crippen molar-refractivity contribution in [2.45, 2.75) is 13.5 Å². The molecule has 0 saturated carbocycles. The summed E-state index contributed by atoms with van der Waals surface area (Å²) in [6.07, 6.45) is 0. The summed E-state index contributed by atoms with van der Waals surface area (Å²) in [5.41, 5.74) is 2.16. The van der Waals surface area contributed by atoms with Gasteiger partial charge in [0.1, 0.15) is 11.5 Å². The molecule has 0 aliphatic carbocycles. The Morgan fingerprint density at radius 2 is 1.44 bits per heavy atom. The number of carbonyl (C=O) groups is 2. The highest BCUT2D eigenvalue weighted by Crippen LogP contribution is 2.22. The lowest BCUT2D eigenvalue weighted by Crippen LogP contribution is -2.19. The van der Waals surface area contributed by atoms with Gasteiger partial charge in [0, 0.05) is 24.7 Å². The maximum absolute atomic E-state index is 12.4. The number of ether oxygens (including phenoxy) is 1. The predicted octanol–water partition coefficient (Wildman–Crippen LogP) is 4.37. The van der Waals surface area contributed by atoms with Crippen LogP contribution in [0.25, 0.3) is 0 Å². The van der Waals surface area contributed by atoms with Crippen molar-refractivity contribution in [1.82, 2.24) is 5.32 Å². The molecule has 3 aromatic rings. The number of carbonyl (C=O) groups excluding carboxylic acids is 2. The Morgan fingerprint density at radius 1 is 0.815 bits per heavy atom. The third-order valence-corrected chi connectivity index (χ3v) is 3.85. The van der Waals surface area contributed by atoms with Crippen LogP contribution in [0.15, 0.2) is 78.9 Å². The minimum atomic E-state index is -0.196. The van der Waals surface area contributed by atoms with Gasteiger partial charge in [-0.25, -0.2) is 0 Å². The molecule has 0 aliphatic heterocycles. The van der Waals surface area contributed by atoms with Crippen LogP contribution in [-0.4, -0.2) is 11.8 Å². The maximum Gasteiger partial charge on any atom is 0.255 e. The number of amides is 2. The highest BCUT2D eigenvalue weighted by molar-refractivity contribution is 6.04. The minimum Gasteiger partial charge on any atom is -0.457 e. The summed E-state index contributed by atoms with van der Waals surface area (Å²) in [5, 5.41) is 5.58. The molecule has 5 nitrogen and oxygen atoms in total. The molecular formula is C22H20N2O3. The van der Waals surface area contributed by atoms with E-state index in [1.165, 1.54) is 6.92 Å². The molecule has 2 N–H and O–H groups in total. The average molecular weight is 360 g/mol. The number of hydrogen-bond acceptors (Lipinski definition) is 3. The summed E-state index contributed by atoms with van der Waals surface area (Å²) in [5.74, 6) is 1.17. The van der Waals surface area contributed by atoms with Crippen LogP contribution in [-0.2, 0) is 11.3 Å². The Balaban J connectivity index is 1.58. The Morgan fingerprint density at radius 3 is 2.07 bits per heavy atom. The van der Waals surface area contributed by atoms with E-state index < -0.39 is 0 Å². The van der Waals surface area contributed by atoms with E-state index in [0.29, 0.717) is 23.5 Å². The Labute approximate surface area is 158 Å². The number of benzene rings is 3. The third kappa shape index (κ3) is 5.44. The quantitative estimate of drug-likeness (QED) is 0.686. The van der Waals surface area contributed by atoms with E-state index >= 15 is 0 Å². The fourth-order valence-electron chi connectivity index (χ4n) is 2.43. The summed E-state index contributed by atoms with van der Waals surface area (Å²) in [7, 11) is 0.